The molecule has 0 radical (unpaired) electrons. The highest BCUT2D eigenvalue weighted by Gasteiger charge is 2.30. The first-order valence-electron chi connectivity index (χ1n) is 17.1. The number of anilines is 1. The Hall–Kier alpha value is -3.43. The van der Waals surface area contributed by atoms with Crippen LogP contribution in [0.2, 0.25) is 0 Å². The van der Waals surface area contributed by atoms with Crippen LogP contribution in [0.25, 0.3) is 11.1 Å². The van der Waals surface area contributed by atoms with E-state index < -0.39 is 6.09 Å². The second kappa shape index (κ2) is 18.5. The number of nitrogens with one attached hydrogen (secondary N) is 2. The van der Waals surface area contributed by atoms with Gasteiger partial charge in [0.05, 0.1) is 11.7 Å². The molecule has 2 aromatic carbocycles. The summed E-state index contributed by atoms with van der Waals surface area (Å²) in [6.45, 7) is 10.6. The monoisotopic (exact) mass is 619 g/mol. The second-order valence-corrected chi connectivity index (χ2v) is 12.2. The number of carbonyl (C=O) groups is 3. The van der Waals surface area contributed by atoms with Gasteiger partial charge in [0, 0.05) is 51.3 Å². The van der Waals surface area contributed by atoms with Crippen molar-refractivity contribution in [1.82, 2.24) is 20.0 Å². The van der Waals surface area contributed by atoms with E-state index in [4.69, 9.17) is 4.74 Å². The average molecular weight is 620 g/mol. The molecular weight excluding hydrogens is 566 g/mol. The van der Waals surface area contributed by atoms with Gasteiger partial charge in [0.25, 0.3) is 0 Å². The van der Waals surface area contributed by atoms with Crippen molar-refractivity contribution in [1.29, 1.82) is 0 Å². The highest BCUT2D eigenvalue weighted by molar-refractivity contribution is 5.91. The quantitative estimate of drug-likeness (QED) is 0.246. The van der Waals surface area contributed by atoms with Gasteiger partial charge in [0.15, 0.2) is 0 Å². The first-order chi connectivity index (χ1) is 22.0. The van der Waals surface area contributed by atoms with E-state index in [1.807, 2.05) is 59.5 Å². The van der Waals surface area contributed by atoms with Crippen LogP contribution in [-0.2, 0) is 14.3 Å². The van der Waals surface area contributed by atoms with E-state index in [0.717, 1.165) is 101 Å². The van der Waals surface area contributed by atoms with Gasteiger partial charge < -0.3 is 19.9 Å². The largest absolute Gasteiger partial charge is 0.446 e. The van der Waals surface area contributed by atoms with Crippen LogP contribution < -0.4 is 10.6 Å². The molecule has 2 saturated heterocycles. The second-order valence-electron chi connectivity index (χ2n) is 12.2. The number of piperidine rings is 2. The number of benzene rings is 2. The molecule has 0 bridgehead atoms. The third kappa shape index (κ3) is 10.9. The van der Waals surface area contributed by atoms with E-state index in [1.165, 1.54) is 6.42 Å². The predicted octanol–water partition coefficient (Wildman–Crippen LogP) is 5.77. The van der Waals surface area contributed by atoms with Crippen molar-refractivity contribution in [3.8, 4) is 11.1 Å². The first kappa shape index (κ1) is 34.4. The Morgan fingerprint density at radius 3 is 2.33 bits per heavy atom. The summed E-state index contributed by atoms with van der Waals surface area (Å²) >= 11 is 0. The number of hydrogen-bond donors (Lipinski definition) is 2. The smallest absolute Gasteiger partial charge is 0.411 e. The highest BCUT2D eigenvalue weighted by atomic mass is 16.6. The molecule has 1 atom stereocenters. The van der Waals surface area contributed by atoms with Crippen molar-refractivity contribution in [3.63, 3.8) is 0 Å². The van der Waals surface area contributed by atoms with E-state index in [9.17, 15) is 14.4 Å². The van der Waals surface area contributed by atoms with Gasteiger partial charge >= 0.3 is 6.09 Å². The van der Waals surface area contributed by atoms with Crippen LogP contribution in [0.3, 0.4) is 0 Å². The summed E-state index contributed by atoms with van der Waals surface area (Å²) in [5.41, 5.74) is 2.73. The van der Waals surface area contributed by atoms with Gasteiger partial charge in [-0.25, -0.2) is 4.79 Å². The van der Waals surface area contributed by atoms with Crippen molar-refractivity contribution >= 4 is 23.6 Å². The van der Waals surface area contributed by atoms with Crippen LogP contribution in [0.5, 0.6) is 0 Å². The first-order valence-corrected chi connectivity index (χ1v) is 17.1. The van der Waals surface area contributed by atoms with Crippen LogP contribution in [-0.4, -0.2) is 97.1 Å². The number of ether oxygens (including phenoxy) is 1. The van der Waals surface area contributed by atoms with Crippen molar-refractivity contribution in [2.45, 2.75) is 83.8 Å². The van der Waals surface area contributed by atoms with Crippen molar-refractivity contribution < 1.29 is 19.1 Å². The van der Waals surface area contributed by atoms with Gasteiger partial charge in [-0.1, -0.05) is 61.4 Å². The standard InChI is InChI=1S/C36H53N5O4/c1-3-40(4-2)35(43)33-19-11-14-25-41(33)24-13-6-12-23-37-34(42)22-28-39-26-20-30(21-27-39)45-36(44)38-32-18-10-9-17-31(32)29-15-7-5-8-16-29/h5,7-10,15-18,30,33H,3-4,6,11-14,19-28H2,1-2H3,(H,37,42)(H,38,44)/t33-/m0/s1. The third-order valence-corrected chi connectivity index (χ3v) is 9.13. The Labute approximate surface area is 269 Å². The molecule has 2 N–H and O–H groups in total. The molecule has 2 fully saturated rings. The number of amides is 3. The van der Waals surface area contributed by atoms with Crippen LogP contribution in [0.15, 0.2) is 54.6 Å². The highest BCUT2D eigenvalue weighted by Crippen LogP contribution is 2.28. The minimum Gasteiger partial charge on any atom is -0.446 e. The Kier molecular flexibility index (Phi) is 14.2. The number of likely N-dealkylation sites (N-methyl/N-ethyl adjacent to an activating group) is 1. The van der Waals surface area contributed by atoms with Gasteiger partial charge in [0.2, 0.25) is 11.8 Å². The summed E-state index contributed by atoms with van der Waals surface area (Å²) < 4.78 is 5.74. The molecule has 9 nitrogen and oxygen atoms in total. The molecular formula is C36H53N5O4. The molecule has 2 heterocycles. The normalized spacial score (nSPS) is 17.9. The summed E-state index contributed by atoms with van der Waals surface area (Å²) in [5.74, 6) is 0.376. The molecule has 9 heteroatoms. The predicted molar refractivity (Wildman–Crippen MR) is 180 cm³/mol. The van der Waals surface area contributed by atoms with E-state index in [0.29, 0.717) is 19.5 Å². The topological polar surface area (TPSA) is 94.2 Å². The Balaban J connectivity index is 1.06. The number of unbranched alkanes of at least 4 members (excludes halogenated alkanes) is 2. The van der Waals surface area contributed by atoms with Crippen molar-refractivity contribution in [2.75, 3.05) is 57.7 Å². The van der Waals surface area contributed by atoms with E-state index in [2.05, 4.69) is 34.3 Å². The fourth-order valence-electron chi connectivity index (χ4n) is 6.48. The van der Waals surface area contributed by atoms with Crippen LogP contribution >= 0.6 is 0 Å². The molecule has 2 aliphatic heterocycles. The lowest BCUT2D eigenvalue weighted by atomic mass is 10.00. The summed E-state index contributed by atoms with van der Waals surface area (Å²) in [5, 5.41) is 6.00. The molecule has 2 aromatic rings. The minimum absolute atomic E-state index is 0.0366. The molecule has 3 amide bonds. The Morgan fingerprint density at radius 2 is 1.58 bits per heavy atom. The summed E-state index contributed by atoms with van der Waals surface area (Å²) in [6, 6.07) is 17.8. The van der Waals surface area contributed by atoms with E-state index >= 15 is 0 Å². The SMILES string of the molecule is CCN(CC)C(=O)[C@@H]1CCCCN1CCCCCNC(=O)CCN1CCC(OC(=O)Nc2ccccc2-c2ccccc2)CC1. The average Bonchev–Trinajstić information content (AvgIpc) is 3.07. The van der Waals surface area contributed by atoms with Gasteiger partial charge in [-0.05, 0) is 77.1 Å². The fourth-order valence-corrected chi connectivity index (χ4v) is 6.48. The zero-order chi connectivity index (χ0) is 31.9. The maximum Gasteiger partial charge on any atom is 0.411 e. The van der Waals surface area contributed by atoms with Crippen LogP contribution in [0.4, 0.5) is 10.5 Å². The molecule has 0 aromatic heterocycles. The van der Waals surface area contributed by atoms with Gasteiger partial charge in [-0.2, -0.15) is 0 Å². The van der Waals surface area contributed by atoms with E-state index in [-0.39, 0.29) is 24.0 Å². The molecule has 4 rings (SSSR count). The Morgan fingerprint density at radius 1 is 0.844 bits per heavy atom. The number of rotatable bonds is 15. The molecule has 0 unspecified atom stereocenters. The van der Waals surface area contributed by atoms with Gasteiger partial charge in [0.1, 0.15) is 6.10 Å². The van der Waals surface area contributed by atoms with Crippen molar-refractivity contribution in [2.24, 2.45) is 0 Å². The van der Waals surface area contributed by atoms with E-state index in [1.54, 1.807) is 0 Å². The third-order valence-electron chi connectivity index (χ3n) is 9.13. The maximum absolute atomic E-state index is 12.9. The molecule has 0 spiro atoms. The number of para-hydroxylation sites is 1. The lowest BCUT2D eigenvalue weighted by Gasteiger charge is -2.37. The maximum atomic E-state index is 12.9. The van der Waals surface area contributed by atoms with Gasteiger partial charge in [-0.3, -0.25) is 19.8 Å². The molecule has 0 aliphatic carbocycles. The zero-order valence-electron chi connectivity index (χ0n) is 27.3. The summed E-state index contributed by atoms with van der Waals surface area (Å²) in [7, 11) is 0. The number of carbonyl (C=O) groups excluding carboxylic acids is 3. The molecule has 45 heavy (non-hydrogen) atoms. The zero-order valence-corrected chi connectivity index (χ0v) is 27.3. The number of likely N-dealkylation sites (tertiary alicyclic amines) is 2. The number of hydrogen-bond acceptors (Lipinski definition) is 6. The summed E-state index contributed by atoms with van der Waals surface area (Å²) in [4.78, 5) is 44.7. The van der Waals surface area contributed by atoms with Crippen LogP contribution in [0, 0.1) is 0 Å². The lowest BCUT2D eigenvalue weighted by Crippen LogP contribution is -2.51. The Bertz CT molecular complexity index is 1200. The van der Waals surface area contributed by atoms with Crippen molar-refractivity contribution in [3.05, 3.63) is 54.6 Å². The van der Waals surface area contributed by atoms with Crippen LogP contribution in [0.1, 0.15) is 71.6 Å². The minimum atomic E-state index is -0.430. The lowest BCUT2D eigenvalue weighted by molar-refractivity contribution is -0.138. The molecule has 246 valence electrons. The number of nitrogens with zero attached hydrogens (tertiary/aromatic N) is 3. The molecule has 2 aliphatic rings. The fraction of sp³-hybridized carbons (Fsp3) is 0.583. The summed E-state index contributed by atoms with van der Waals surface area (Å²) in [6.07, 6.45) is 7.75. The molecule has 0 saturated carbocycles. The van der Waals surface area contributed by atoms with Gasteiger partial charge in [-0.15, -0.1) is 0 Å².